The highest BCUT2D eigenvalue weighted by atomic mass is 19.4. The quantitative estimate of drug-likeness (QED) is 0.345. The van der Waals surface area contributed by atoms with Gasteiger partial charge in [0, 0.05) is 24.1 Å². The Morgan fingerprint density at radius 3 is 2.32 bits per heavy atom. The van der Waals surface area contributed by atoms with Gasteiger partial charge in [-0.1, -0.05) is 37.3 Å². The predicted octanol–water partition coefficient (Wildman–Crippen LogP) is 6.95. The first-order valence-corrected chi connectivity index (χ1v) is 14.3. The van der Waals surface area contributed by atoms with Crippen LogP contribution < -0.4 is 10.2 Å². The summed E-state index contributed by atoms with van der Waals surface area (Å²) in [7, 11) is 0. The first-order chi connectivity index (χ1) is 19.6. The fourth-order valence-electron chi connectivity index (χ4n) is 5.89. The maximum absolute atomic E-state index is 13.9. The normalized spacial score (nSPS) is 22.4. The van der Waals surface area contributed by atoms with E-state index >= 15 is 0 Å². The number of hydrogen-bond donors (Lipinski definition) is 1. The molecule has 1 N–H and O–H groups in total. The predicted molar refractivity (Wildman–Crippen MR) is 147 cm³/mol. The lowest BCUT2D eigenvalue weighted by Gasteiger charge is -2.43. The van der Waals surface area contributed by atoms with E-state index in [1.807, 2.05) is 25.1 Å². The van der Waals surface area contributed by atoms with Gasteiger partial charge in [0.05, 0.1) is 18.2 Å². The van der Waals surface area contributed by atoms with Gasteiger partial charge in [0.25, 0.3) is 0 Å². The molecule has 1 heterocycles. The highest BCUT2D eigenvalue weighted by Gasteiger charge is 2.41. The van der Waals surface area contributed by atoms with Crippen LogP contribution >= 0.6 is 0 Å². The number of esters is 1. The zero-order valence-electron chi connectivity index (χ0n) is 23.4. The number of halogens is 3. The van der Waals surface area contributed by atoms with Gasteiger partial charge in [-0.15, -0.1) is 0 Å². The van der Waals surface area contributed by atoms with Gasteiger partial charge in [0.1, 0.15) is 6.61 Å². The molecule has 222 valence electrons. The standard InChI is InChI=1S/C31H37F3N2O5/c1-3-24-18-26(35-30(39)41-19-21-8-6-5-7-9-21)25-17-23(31(32,33)34)14-15-27(25)36(24)29(38)22-12-10-20(11-13-22)16-28(37)40-4-2/h5-9,14-15,17,20,22,24,26H,3-4,10-13,16,18-19H2,1-2H3,(H,35,39)/t20?,22?,24-,26?/m1/s1. The SMILES string of the molecule is CCOC(=O)CC1CCC(C(=O)N2c3ccc(C(F)(F)F)cc3C(NC(=O)OCc3ccccc3)C[C@H]2CC)CC1. The third kappa shape index (κ3) is 7.59. The van der Waals surface area contributed by atoms with Gasteiger partial charge >= 0.3 is 18.2 Å². The van der Waals surface area contributed by atoms with Crippen molar-refractivity contribution in [1.82, 2.24) is 5.32 Å². The van der Waals surface area contributed by atoms with Crippen molar-refractivity contribution >= 4 is 23.7 Å². The fraction of sp³-hybridized carbons (Fsp3) is 0.516. The van der Waals surface area contributed by atoms with Gasteiger partial charge in [0.2, 0.25) is 5.91 Å². The summed E-state index contributed by atoms with van der Waals surface area (Å²) in [6.07, 6.45) is -1.57. The number of amides is 2. The van der Waals surface area contributed by atoms with Gasteiger partial charge in [-0.3, -0.25) is 9.59 Å². The van der Waals surface area contributed by atoms with E-state index in [-0.39, 0.29) is 48.3 Å². The van der Waals surface area contributed by atoms with Crippen LogP contribution in [0.5, 0.6) is 0 Å². The number of fused-ring (bicyclic) bond motifs is 1. The number of nitrogens with zero attached hydrogens (tertiary/aromatic N) is 1. The number of alkyl halides is 3. The van der Waals surface area contributed by atoms with Crippen molar-refractivity contribution in [1.29, 1.82) is 0 Å². The molecule has 1 aliphatic carbocycles. The van der Waals surface area contributed by atoms with E-state index in [1.54, 1.807) is 24.0 Å². The van der Waals surface area contributed by atoms with Crippen molar-refractivity contribution in [2.24, 2.45) is 11.8 Å². The third-order valence-corrected chi connectivity index (χ3v) is 8.03. The number of hydrogen-bond acceptors (Lipinski definition) is 5. The Kier molecular flexibility index (Phi) is 9.94. The molecule has 2 aromatic carbocycles. The second kappa shape index (κ2) is 13.4. The number of benzene rings is 2. The molecule has 2 aromatic rings. The monoisotopic (exact) mass is 574 g/mol. The minimum atomic E-state index is -4.58. The first-order valence-electron chi connectivity index (χ1n) is 14.3. The van der Waals surface area contributed by atoms with Gasteiger partial charge in [-0.25, -0.2) is 4.79 Å². The maximum atomic E-state index is 13.9. The fourth-order valence-corrected chi connectivity index (χ4v) is 5.89. The number of anilines is 1. The molecule has 1 aliphatic heterocycles. The average Bonchev–Trinajstić information content (AvgIpc) is 2.96. The van der Waals surface area contributed by atoms with Crippen LogP contribution in [0.15, 0.2) is 48.5 Å². The van der Waals surface area contributed by atoms with Crippen LogP contribution in [-0.2, 0) is 31.8 Å². The molecule has 41 heavy (non-hydrogen) atoms. The third-order valence-electron chi connectivity index (χ3n) is 8.03. The van der Waals surface area contributed by atoms with Gasteiger partial charge in [0.15, 0.2) is 0 Å². The van der Waals surface area contributed by atoms with Crippen LogP contribution in [0.1, 0.15) is 81.5 Å². The van der Waals surface area contributed by atoms with E-state index in [0.29, 0.717) is 50.8 Å². The molecule has 2 amide bonds. The molecule has 0 spiro atoms. The van der Waals surface area contributed by atoms with Crippen LogP contribution in [0.4, 0.5) is 23.7 Å². The Hall–Kier alpha value is -3.56. The van der Waals surface area contributed by atoms with E-state index < -0.39 is 23.9 Å². The van der Waals surface area contributed by atoms with Crippen molar-refractivity contribution in [3.05, 3.63) is 65.2 Å². The molecule has 1 fully saturated rings. The molecule has 0 bridgehead atoms. The molecule has 1 unspecified atom stereocenters. The second-order valence-corrected chi connectivity index (χ2v) is 10.8. The first kappa shape index (κ1) is 30.4. The van der Waals surface area contributed by atoms with E-state index in [2.05, 4.69) is 5.32 Å². The summed E-state index contributed by atoms with van der Waals surface area (Å²) in [5.41, 5.74) is 0.558. The van der Waals surface area contributed by atoms with Crippen molar-refractivity contribution in [3.8, 4) is 0 Å². The van der Waals surface area contributed by atoms with E-state index in [4.69, 9.17) is 9.47 Å². The highest BCUT2D eigenvalue weighted by molar-refractivity contribution is 5.97. The lowest BCUT2D eigenvalue weighted by atomic mass is 9.79. The average molecular weight is 575 g/mol. The summed E-state index contributed by atoms with van der Waals surface area (Å²) < 4.78 is 51.5. The van der Waals surface area contributed by atoms with Crippen LogP contribution in [0.25, 0.3) is 0 Å². The summed E-state index contributed by atoms with van der Waals surface area (Å²) in [4.78, 5) is 40.1. The lowest BCUT2D eigenvalue weighted by Crippen LogP contribution is -2.50. The summed E-state index contributed by atoms with van der Waals surface area (Å²) in [6.45, 7) is 4.03. The minimum Gasteiger partial charge on any atom is -0.466 e. The molecule has 7 nitrogen and oxygen atoms in total. The summed E-state index contributed by atoms with van der Waals surface area (Å²) in [5, 5.41) is 2.75. The zero-order valence-corrected chi connectivity index (χ0v) is 23.4. The van der Waals surface area contributed by atoms with Gasteiger partial charge in [-0.2, -0.15) is 13.2 Å². The molecule has 0 radical (unpaired) electrons. The highest BCUT2D eigenvalue weighted by Crippen LogP contribution is 2.43. The number of ether oxygens (including phenoxy) is 2. The molecule has 4 rings (SSSR count). The molecule has 0 aromatic heterocycles. The largest absolute Gasteiger partial charge is 0.466 e. The molecule has 1 saturated carbocycles. The van der Waals surface area contributed by atoms with Crippen LogP contribution in [0, 0.1) is 11.8 Å². The van der Waals surface area contributed by atoms with Crippen molar-refractivity contribution in [2.75, 3.05) is 11.5 Å². The van der Waals surface area contributed by atoms with E-state index in [1.165, 1.54) is 6.07 Å². The number of carbonyl (C=O) groups is 3. The van der Waals surface area contributed by atoms with Gasteiger partial charge < -0.3 is 19.7 Å². The van der Waals surface area contributed by atoms with Crippen LogP contribution in [0.3, 0.4) is 0 Å². The molecular formula is C31H37F3N2O5. The molecule has 10 heteroatoms. The number of carbonyl (C=O) groups excluding carboxylic acids is 3. The van der Waals surface area contributed by atoms with Crippen LogP contribution in [-0.4, -0.2) is 30.6 Å². The van der Waals surface area contributed by atoms with Crippen molar-refractivity contribution in [2.45, 2.75) is 83.7 Å². The minimum absolute atomic E-state index is 0.0233. The smallest absolute Gasteiger partial charge is 0.416 e. The Labute approximate surface area is 238 Å². The Bertz CT molecular complexity index is 1210. The maximum Gasteiger partial charge on any atom is 0.416 e. The topological polar surface area (TPSA) is 84.9 Å². The summed E-state index contributed by atoms with van der Waals surface area (Å²) in [5.74, 6) is -0.506. The summed E-state index contributed by atoms with van der Waals surface area (Å²) in [6, 6.07) is 11.4. The number of alkyl carbamates (subject to hydrolysis) is 1. The van der Waals surface area contributed by atoms with Crippen molar-refractivity contribution < 1.29 is 37.0 Å². The zero-order chi connectivity index (χ0) is 29.6. The van der Waals surface area contributed by atoms with Crippen LogP contribution in [0.2, 0.25) is 0 Å². The number of nitrogens with one attached hydrogen (secondary N) is 1. The Balaban J connectivity index is 1.53. The molecule has 0 saturated heterocycles. The number of rotatable bonds is 8. The molecule has 2 atom stereocenters. The molecule has 2 aliphatic rings. The second-order valence-electron chi connectivity index (χ2n) is 10.8. The van der Waals surface area contributed by atoms with E-state index in [0.717, 1.165) is 17.7 Å². The lowest BCUT2D eigenvalue weighted by molar-refractivity contribution is -0.144. The Morgan fingerprint density at radius 1 is 0.976 bits per heavy atom. The molecular weight excluding hydrogens is 537 g/mol. The summed E-state index contributed by atoms with van der Waals surface area (Å²) >= 11 is 0. The van der Waals surface area contributed by atoms with Gasteiger partial charge in [-0.05, 0) is 80.7 Å². The van der Waals surface area contributed by atoms with E-state index in [9.17, 15) is 27.6 Å². The Morgan fingerprint density at radius 2 is 1.68 bits per heavy atom. The van der Waals surface area contributed by atoms with Crippen molar-refractivity contribution in [3.63, 3.8) is 0 Å².